The molecule has 0 aliphatic carbocycles. The number of hydrogen-bond acceptors (Lipinski definition) is 5. The Morgan fingerprint density at radius 2 is 1.96 bits per heavy atom. The van der Waals surface area contributed by atoms with E-state index in [4.69, 9.17) is 4.74 Å². The highest BCUT2D eigenvalue weighted by molar-refractivity contribution is 6.03. The predicted octanol–water partition coefficient (Wildman–Crippen LogP) is 3.49. The molecule has 0 fully saturated rings. The monoisotopic (exact) mass is 376 g/mol. The zero-order valence-electron chi connectivity index (χ0n) is 15.6. The Bertz CT molecular complexity index is 1040. The molecule has 0 spiro atoms. The number of carbonyl (C=O) groups is 1. The Hall–Kier alpha value is -3.61. The van der Waals surface area contributed by atoms with E-state index < -0.39 is 0 Å². The van der Waals surface area contributed by atoms with Crippen LogP contribution in [0.25, 0.3) is 11.3 Å². The number of benzene rings is 2. The van der Waals surface area contributed by atoms with Crippen LogP contribution in [0.5, 0.6) is 11.5 Å². The molecule has 1 atom stereocenters. The van der Waals surface area contributed by atoms with Gasteiger partial charge in [-0.1, -0.05) is 12.1 Å². The number of hydrazone groups is 1. The molecular weight excluding hydrogens is 356 g/mol. The molecule has 1 aromatic heterocycles. The van der Waals surface area contributed by atoms with Crippen LogP contribution in [0.15, 0.2) is 59.8 Å². The van der Waals surface area contributed by atoms with Crippen LogP contribution in [0.1, 0.15) is 30.5 Å². The summed E-state index contributed by atoms with van der Waals surface area (Å²) in [4.78, 5) is 12.3. The number of aromatic amines is 1. The third-order valence-electron chi connectivity index (χ3n) is 4.86. The molecule has 0 radical (unpaired) electrons. The van der Waals surface area contributed by atoms with Crippen LogP contribution in [0.2, 0.25) is 0 Å². The van der Waals surface area contributed by atoms with Gasteiger partial charge in [-0.05, 0) is 42.0 Å². The SMILES string of the molecule is COc1ccc(C2=NN(C(C)=O)C(c3cn[nH]c3-c3ccccc3O)C2)cc1. The number of amides is 1. The van der Waals surface area contributed by atoms with E-state index in [1.165, 1.54) is 11.9 Å². The van der Waals surface area contributed by atoms with Gasteiger partial charge in [0.25, 0.3) is 0 Å². The fourth-order valence-corrected chi connectivity index (χ4v) is 3.45. The summed E-state index contributed by atoms with van der Waals surface area (Å²) in [5.74, 6) is 0.758. The van der Waals surface area contributed by atoms with E-state index in [1.807, 2.05) is 36.4 Å². The molecule has 2 heterocycles. The van der Waals surface area contributed by atoms with Gasteiger partial charge in [0.05, 0.1) is 30.8 Å². The number of aromatic nitrogens is 2. The number of nitrogens with one attached hydrogen (secondary N) is 1. The molecule has 1 amide bonds. The van der Waals surface area contributed by atoms with Crippen molar-refractivity contribution in [3.05, 3.63) is 65.9 Å². The first-order chi connectivity index (χ1) is 13.6. The summed E-state index contributed by atoms with van der Waals surface area (Å²) in [6, 6.07) is 14.3. The van der Waals surface area contributed by atoms with Crippen molar-refractivity contribution in [1.29, 1.82) is 0 Å². The molecule has 2 aromatic carbocycles. The first-order valence-electron chi connectivity index (χ1n) is 8.92. The largest absolute Gasteiger partial charge is 0.507 e. The van der Waals surface area contributed by atoms with Crippen LogP contribution in [-0.2, 0) is 4.79 Å². The molecule has 7 nitrogen and oxygen atoms in total. The highest BCUT2D eigenvalue weighted by Gasteiger charge is 2.34. The number of phenolic OH excluding ortho intramolecular Hbond substituents is 1. The highest BCUT2D eigenvalue weighted by Crippen LogP contribution is 2.39. The second-order valence-corrected chi connectivity index (χ2v) is 6.58. The molecule has 0 saturated heterocycles. The molecule has 1 unspecified atom stereocenters. The lowest BCUT2D eigenvalue weighted by Gasteiger charge is -2.20. The summed E-state index contributed by atoms with van der Waals surface area (Å²) >= 11 is 0. The van der Waals surface area contributed by atoms with Crippen molar-refractivity contribution in [2.24, 2.45) is 5.10 Å². The van der Waals surface area contributed by atoms with Gasteiger partial charge in [0.15, 0.2) is 0 Å². The van der Waals surface area contributed by atoms with Crippen LogP contribution in [0.3, 0.4) is 0 Å². The first kappa shape index (κ1) is 17.8. The molecule has 142 valence electrons. The van der Waals surface area contributed by atoms with Gasteiger partial charge in [0.1, 0.15) is 11.5 Å². The Morgan fingerprint density at radius 3 is 2.64 bits per heavy atom. The second kappa shape index (κ2) is 7.19. The van der Waals surface area contributed by atoms with E-state index in [9.17, 15) is 9.90 Å². The number of rotatable bonds is 4. The number of nitrogens with zero attached hydrogens (tertiary/aromatic N) is 3. The Kier molecular flexibility index (Phi) is 4.57. The van der Waals surface area contributed by atoms with Crippen LogP contribution < -0.4 is 4.74 Å². The average molecular weight is 376 g/mol. The highest BCUT2D eigenvalue weighted by atomic mass is 16.5. The lowest BCUT2D eigenvalue weighted by Crippen LogP contribution is -2.24. The molecule has 0 bridgehead atoms. The summed E-state index contributed by atoms with van der Waals surface area (Å²) in [7, 11) is 1.62. The van der Waals surface area contributed by atoms with Crippen LogP contribution in [0, 0.1) is 0 Å². The Morgan fingerprint density at radius 1 is 1.21 bits per heavy atom. The van der Waals surface area contributed by atoms with Crippen LogP contribution >= 0.6 is 0 Å². The lowest BCUT2D eigenvalue weighted by molar-refractivity contribution is -0.130. The number of phenols is 1. The molecular formula is C21H20N4O3. The van der Waals surface area contributed by atoms with Gasteiger partial charge in [0, 0.05) is 24.5 Å². The van der Waals surface area contributed by atoms with Crippen LogP contribution in [0.4, 0.5) is 0 Å². The molecule has 1 aliphatic heterocycles. The van der Waals surface area contributed by atoms with Gasteiger partial charge in [-0.25, -0.2) is 5.01 Å². The Labute approximate surface area is 162 Å². The van der Waals surface area contributed by atoms with Crippen LogP contribution in [-0.4, -0.2) is 39.0 Å². The molecule has 3 aromatic rings. The third-order valence-corrected chi connectivity index (χ3v) is 4.86. The molecule has 28 heavy (non-hydrogen) atoms. The smallest absolute Gasteiger partial charge is 0.240 e. The number of hydrogen-bond donors (Lipinski definition) is 2. The van der Waals surface area contributed by atoms with Gasteiger partial charge < -0.3 is 9.84 Å². The molecule has 7 heteroatoms. The third kappa shape index (κ3) is 3.11. The maximum absolute atomic E-state index is 12.3. The van der Waals surface area contributed by atoms with Crippen molar-refractivity contribution >= 4 is 11.6 Å². The fourth-order valence-electron chi connectivity index (χ4n) is 3.45. The second-order valence-electron chi connectivity index (χ2n) is 6.58. The summed E-state index contributed by atoms with van der Waals surface area (Å²) in [6.45, 7) is 1.49. The van der Waals surface area contributed by atoms with Crippen molar-refractivity contribution in [1.82, 2.24) is 15.2 Å². The Balaban J connectivity index is 1.70. The standard InChI is InChI=1S/C21H20N4O3/c1-13(26)25-19(11-18(24-25)14-7-9-15(28-2)10-8-14)17-12-22-23-21(17)16-5-3-4-6-20(16)27/h3-10,12,19,27H,11H2,1-2H3,(H,22,23). The predicted molar refractivity (Wildman–Crippen MR) is 105 cm³/mol. The van der Waals surface area contributed by atoms with Crippen molar-refractivity contribution in [2.75, 3.05) is 7.11 Å². The van der Waals surface area contributed by atoms with Crippen molar-refractivity contribution in [3.8, 4) is 22.8 Å². The van der Waals surface area contributed by atoms with Gasteiger partial charge >= 0.3 is 0 Å². The van der Waals surface area contributed by atoms with Crippen molar-refractivity contribution < 1.29 is 14.6 Å². The zero-order chi connectivity index (χ0) is 19.7. The van der Waals surface area contributed by atoms with Crippen molar-refractivity contribution in [2.45, 2.75) is 19.4 Å². The summed E-state index contributed by atoms with van der Waals surface area (Å²) in [5, 5.41) is 23.4. The maximum Gasteiger partial charge on any atom is 0.240 e. The minimum absolute atomic E-state index is 0.150. The zero-order valence-corrected chi connectivity index (χ0v) is 15.6. The molecule has 4 rings (SSSR count). The van der Waals surface area contributed by atoms with Gasteiger partial charge in [-0.15, -0.1) is 0 Å². The number of ether oxygens (including phenoxy) is 1. The van der Waals surface area contributed by atoms with Gasteiger partial charge in [-0.2, -0.15) is 10.2 Å². The van der Waals surface area contributed by atoms with Gasteiger partial charge in [-0.3, -0.25) is 9.89 Å². The number of aromatic hydroxyl groups is 1. The minimum Gasteiger partial charge on any atom is -0.507 e. The average Bonchev–Trinajstić information content (AvgIpc) is 3.35. The molecule has 2 N–H and O–H groups in total. The number of para-hydroxylation sites is 1. The van der Waals surface area contributed by atoms with E-state index in [2.05, 4.69) is 15.3 Å². The quantitative estimate of drug-likeness (QED) is 0.729. The maximum atomic E-state index is 12.3. The first-order valence-corrected chi connectivity index (χ1v) is 8.92. The number of carbonyl (C=O) groups excluding carboxylic acids is 1. The van der Waals surface area contributed by atoms with E-state index >= 15 is 0 Å². The lowest BCUT2D eigenvalue weighted by atomic mass is 9.96. The van der Waals surface area contributed by atoms with E-state index in [-0.39, 0.29) is 17.7 Å². The summed E-state index contributed by atoms with van der Waals surface area (Å²) in [5.41, 5.74) is 3.87. The minimum atomic E-state index is -0.303. The van der Waals surface area contributed by atoms with E-state index in [0.717, 1.165) is 22.6 Å². The summed E-state index contributed by atoms with van der Waals surface area (Å²) in [6.07, 6.45) is 2.24. The molecule has 0 saturated carbocycles. The summed E-state index contributed by atoms with van der Waals surface area (Å²) < 4.78 is 5.21. The topological polar surface area (TPSA) is 90.8 Å². The van der Waals surface area contributed by atoms with E-state index in [1.54, 1.807) is 25.4 Å². The number of H-pyrrole nitrogens is 1. The fraction of sp³-hybridized carbons (Fsp3) is 0.190. The molecule has 1 aliphatic rings. The number of methoxy groups -OCH3 is 1. The van der Waals surface area contributed by atoms with Crippen molar-refractivity contribution in [3.63, 3.8) is 0 Å². The van der Waals surface area contributed by atoms with Gasteiger partial charge in [0.2, 0.25) is 5.91 Å². The normalized spacial score (nSPS) is 16.1. The van der Waals surface area contributed by atoms with E-state index in [0.29, 0.717) is 17.7 Å².